The van der Waals surface area contributed by atoms with E-state index in [0.29, 0.717) is 32.4 Å². The summed E-state index contributed by atoms with van der Waals surface area (Å²) in [6.07, 6.45) is 0. The van der Waals surface area contributed by atoms with Gasteiger partial charge < -0.3 is 0 Å². The van der Waals surface area contributed by atoms with Crippen LogP contribution in [-0.4, -0.2) is 9.92 Å². The number of halogens is 2. The molecule has 6 heteroatoms. The average Bonchev–Trinajstić information content (AvgIpc) is 2.53. The Bertz CT molecular complexity index is 915. The second kappa shape index (κ2) is 5.66. The standard InChI is InChI=1S/C17H12BrFN2OS/c1-17(2)13-8-15(19)14(18)7-12(13)16(21-23(17)22)11-6-4-3-5-10(11)9-20/h3-8H,1-2H3. The summed E-state index contributed by atoms with van der Waals surface area (Å²) in [4.78, 5) is 0. The van der Waals surface area contributed by atoms with Gasteiger partial charge in [-0.1, -0.05) is 18.2 Å². The van der Waals surface area contributed by atoms with Gasteiger partial charge in [-0.05, 0) is 53.5 Å². The number of nitriles is 1. The number of hydrogen-bond donors (Lipinski definition) is 0. The highest BCUT2D eigenvalue weighted by Gasteiger charge is 2.37. The lowest BCUT2D eigenvalue weighted by Crippen LogP contribution is -2.31. The highest BCUT2D eigenvalue weighted by molar-refractivity contribution is 9.10. The van der Waals surface area contributed by atoms with Crippen molar-refractivity contribution in [3.8, 4) is 6.07 Å². The second-order valence-corrected chi connectivity index (χ2v) is 8.22. The van der Waals surface area contributed by atoms with Gasteiger partial charge in [0.1, 0.15) is 16.8 Å². The van der Waals surface area contributed by atoms with Crippen LogP contribution in [0.25, 0.3) is 0 Å². The Morgan fingerprint density at radius 1 is 1.26 bits per heavy atom. The van der Waals surface area contributed by atoms with Crippen LogP contribution in [0.4, 0.5) is 4.39 Å². The van der Waals surface area contributed by atoms with Crippen LogP contribution in [0.5, 0.6) is 0 Å². The van der Waals surface area contributed by atoms with Gasteiger partial charge in [0, 0.05) is 11.1 Å². The third-order valence-corrected chi connectivity index (χ3v) is 5.93. The molecular weight excluding hydrogens is 379 g/mol. The van der Waals surface area contributed by atoms with E-state index in [1.165, 1.54) is 6.07 Å². The average molecular weight is 391 g/mol. The van der Waals surface area contributed by atoms with Crippen LogP contribution in [0.2, 0.25) is 0 Å². The Kier molecular flexibility index (Phi) is 3.95. The smallest absolute Gasteiger partial charge is 0.150 e. The summed E-state index contributed by atoms with van der Waals surface area (Å²) in [6, 6.07) is 12.1. The Labute approximate surface area is 144 Å². The largest absolute Gasteiger partial charge is 0.234 e. The van der Waals surface area contributed by atoms with Crippen LogP contribution in [0.1, 0.15) is 36.1 Å². The molecule has 0 aliphatic carbocycles. The fourth-order valence-corrected chi connectivity index (χ4v) is 3.85. The minimum atomic E-state index is -1.57. The van der Waals surface area contributed by atoms with Gasteiger partial charge in [0.15, 0.2) is 0 Å². The minimum absolute atomic E-state index is 0.307. The van der Waals surface area contributed by atoms with E-state index in [1.807, 2.05) is 0 Å². The van der Waals surface area contributed by atoms with Crippen molar-refractivity contribution in [2.75, 3.05) is 0 Å². The topological polar surface area (TPSA) is 53.2 Å². The SMILES string of the molecule is CC1(C)c2cc(F)c(Br)cc2C(c2ccccc2C#N)=NS1=O. The summed E-state index contributed by atoms with van der Waals surface area (Å²) in [5, 5.41) is 9.31. The fourth-order valence-electron chi connectivity index (χ4n) is 2.56. The van der Waals surface area contributed by atoms with E-state index < -0.39 is 21.5 Å². The van der Waals surface area contributed by atoms with Gasteiger partial charge >= 0.3 is 0 Å². The second-order valence-electron chi connectivity index (χ2n) is 5.67. The molecule has 1 unspecified atom stereocenters. The van der Waals surface area contributed by atoms with Gasteiger partial charge in [0.2, 0.25) is 0 Å². The zero-order valence-electron chi connectivity index (χ0n) is 12.4. The molecule has 0 saturated heterocycles. The first-order chi connectivity index (χ1) is 10.9. The third-order valence-electron chi connectivity index (χ3n) is 3.88. The Balaban J connectivity index is 2.35. The lowest BCUT2D eigenvalue weighted by Gasteiger charge is -2.30. The number of benzene rings is 2. The minimum Gasteiger partial charge on any atom is -0.234 e. The summed E-state index contributed by atoms with van der Waals surface area (Å²) >= 11 is 3.19. The molecule has 0 radical (unpaired) electrons. The first-order valence-electron chi connectivity index (χ1n) is 6.86. The molecule has 23 heavy (non-hydrogen) atoms. The number of fused-ring (bicyclic) bond motifs is 1. The Hall–Kier alpha value is -1.84. The van der Waals surface area contributed by atoms with E-state index >= 15 is 0 Å². The van der Waals surface area contributed by atoms with Crippen molar-refractivity contribution in [3.63, 3.8) is 0 Å². The van der Waals surface area contributed by atoms with Crippen molar-refractivity contribution in [2.24, 2.45) is 4.40 Å². The highest BCUT2D eigenvalue weighted by atomic mass is 79.9. The quantitative estimate of drug-likeness (QED) is 0.731. The number of hydrogen-bond acceptors (Lipinski definition) is 2. The van der Waals surface area contributed by atoms with Crippen molar-refractivity contribution in [3.05, 3.63) is 68.9 Å². The van der Waals surface area contributed by atoms with Crippen LogP contribution in [0.3, 0.4) is 0 Å². The Morgan fingerprint density at radius 2 is 1.96 bits per heavy atom. The van der Waals surface area contributed by atoms with Crippen molar-refractivity contribution >= 4 is 32.6 Å². The van der Waals surface area contributed by atoms with E-state index in [2.05, 4.69) is 26.4 Å². The molecule has 0 amide bonds. The highest BCUT2D eigenvalue weighted by Crippen LogP contribution is 2.39. The molecule has 3 nitrogen and oxygen atoms in total. The molecule has 1 atom stereocenters. The summed E-state index contributed by atoms with van der Waals surface area (Å²) < 4.78 is 30.4. The zero-order chi connectivity index (χ0) is 16.8. The molecule has 0 fully saturated rings. The lowest BCUT2D eigenvalue weighted by molar-refractivity contribution is 0.607. The zero-order valence-corrected chi connectivity index (χ0v) is 14.8. The molecule has 0 aromatic heterocycles. The maximum Gasteiger partial charge on any atom is 0.150 e. The maximum absolute atomic E-state index is 14.0. The van der Waals surface area contributed by atoms with Crippen LogP contribution < -0.4 is 0 Å². The van der Waals surface area contributed by atoms with Gasteiger partial charge in [-0.3, -0.25) is 0 Å². The normalized spacial score (nSPS) is 18.7. The van der Waals surface area contributed by atoms with Gasteiger partial charge in [0.25, 0.3) is 0 Å². The molecular formula is C17H12BrFN2OS. The van der Waals surface area contributed by atoms with Gasteiger partial charge in [-0.2, -0.15) is 9.66 Å². The molecule has 1 heterocycles. The summed E-state index contributed by atoms with van der Waals surface area (Å²) in [5.41, 5.74) is 2.79. The predicted octanol–water partition coefficient (Wildman–Crippen LogP) is 4.21. The monoisotopic (exact) mass is 390 g/mol. The molecule has 1 aliphatic heterocycles. The van der Waals surface area contributed by atoms with Gasteiger partial charge in [-0.25, -0.2) is 8.60 Å². The maximum atomic E-state index is 14.0. The molecule has 2 aromatic carbocycles. The van der Waals surface area contributed by atoms with Gasteiger partial charge in [0.05, 0.1) is 26.6 Å². The van der Waals surface area contributed by atoms with E-state index in [-0.39, 0.29) is 0 Å². The number of nitrogens with zero attached hydrogens (tertiary/aromatic N) is 2. The van der Waals surface area contributed by atoms with E-state index in [1.54, 1.807) is 44.2 Å². The molecule has 0 saturated carbocycles. The summed E-state index contributed by atoms with van der Waals surface area (Å²) in [6.45, 7) is 3.54. The van der Waals surface area contributed by atoms with E-state index in [0.717, 1.165) is 0 Å². The van der Waals surface area contributed by atoms with Crippen molar-refractivity contribution in [2.45, 2.75) is 18.6 Å². The van der Waals surface area contributed by atoms with Crippen molar-refractivity contribution in [1.29, 1.82) is 5.26 Å². The Morgan fingerprint density at radius 3 is 2.65 bits per heavy atom. The first kappa shape index (κ1) is 16.0. The molecule has 0 spiro atoms. The van der Waals surface area contributed by atoms with Crippen LogP contribution >= 0.6 is 15.9 Å². The lowest BCUT2D eigenvalue weighted by atomic mass is 9.89. The van der Waals surface area contributed by atoms with Crippen LogP contribution in [-0.2, 0) is 15.7 Å². The molecule has 0 bridgehead atoms. The van der Waals surface area contributed by atoms with E-state index in [9.17, 15) is 13.9 Å². The van der Waals surface area contributed by atoms with Crippen molar-refractivity contribution < 1.29 is 8.60 Å². The number of rotatable bonds is 1. The fraction of sp³-hybridized carbons (Fsp3) is 0.176. The first-order valence-corrected chi connectivity index (χ1v) is 8.76. The van der Waals surface area contributed by atoms with Crippen molar-refractivity contribution in [1.82, 2.24) is 0 Å². The van der Waals surface area contributed by atoms with E-state index in [4.69, 9.17) is 0 Å². The molecule has 2 aromatic rings. The predicted molar refractivity (Wildman–Crippen MR) is 92.1 cm³/mol. The van der Waals surface area contributed by atoms with Crippen LogP contribution in [0, 0.1) is 17.1 Å². The van der Waals surface area contributed by atoms with Gasteiger partial charge in [-0.15, -0.1) is 0 Å². The summed E-state index contributed by atoms with van der Waals surface area (Å²) in [7, 11) is -1.57. The molecule has 0 N–H and O–H groups in total. The van der Waals surface area contributed by atoms with Crippen LogP contribution in [0.15, 0.2) is 45.3 Å². The molecule has 1 aliphatic rings. The molecule has 3 rings (SSSR count). The third kappa shape index (κ3) is 2.54. The molecule has 116 valence electrons. The summed E-state index contributed by atoms with van der Waals surface area (Å²) in [5.74, 6) is -0.413.